The summed E-state index contributed by atoms with van der Waals surface area (Å²) in [5.41, 5.74) is 4.29. The maximum Gasteiger partial charge on any atom is 0.259 e. The van der Waals surface area contributed by atoms with E-state index in [1.165, 1.54) is 6.33 Å². The van der Waals surface area contributed by atoms with Gasteiger partial charge in [0.15, 0.2) is 5.75 Å². The first kappa shape index (κ1) is 15.8. The zero-order valence-electron chi connectivity index (χ0n) is 14.5. The van der Waals surface area contributed by atoms with Crippen molar-refractivity contribution in [1.82, 2.24) is 19.9 Å². The molecule has 2 N–H and O–H groups in total. The van der Waals surface area contributed by atoms with Crippen LogP contribution >= 0.6 is 0 Å². The van der Waals surface area contributed by atoms with Gasteiger partial charge >= 0.3 is 0 Å². The molecule has 0 saturated heterocycles. The first-order valence-corrected chi connectivity index (χ1v) is 8.87. The van der Waals surface area contributed by atoms with E-state index in [0.29, 0.717) is 36.2 Å². The monoisotopic (exact) mass is 363 g/mol. The minimum absolute atomic E-state index is 0.247. The standard InChI is InChI=1S/C19H17N5O3/c25-18(23-15-5-4-14-19(24-15)27-7-6-26-14)12-9-21-13-3-1-2-11-8-20-10-22-17(11)16(12)13/h4-5,8-10,21H,1-3,6-7H2,(H,23,24,25). The summed E-state index contributed by atoms with van der Waals surface area (Å²) in [4.78, 5) is 29.1. The van der Waals surface area contributed by atoms with Gasteiger partial charge in [0, 0.05) is 23.7 Å². The number of aryl methyl sites for hydroxylation is 2. The predicted molar refractivity (Wildman–Crippen MR) is 97.0 cm³/mol. The van der Waals surface area contributed by atoms with E-state index in [1.54, 1.807) is 18.3 Å². The summed E-state index contributed by atoms with van der Waals surface area (Å²) in [5, 5.41) is 2.85. The summed E-state index contributed by atoms with van der Waals surface area (Å²) in [7, 11) is 0. The number of ether oxygens (including phenoxy) is 2. The molecule has 136 valence electrons. The van der Waals surface area contributed by atoms with Gasteiger partial charge in [0.1, 0.15) is 25.4 Å². The molecule has 0 radical (unpaired) electrons. The summed E-state index contributed by atoms with van der Waals surface area (Å²) >= 11 is 0. The maximum absolute atomic E-state index is 13.0. The van der Waals surface area contributed by atoms with Crippen molar-refractivity contribution < 1.29 is 14.3 Å². The van der Waals surface area contributed by atoms with Gasteiger partial charge in [-0.15, -0.1) is 0 Å². The van der Waals surface area contributed by atoms with Gasteiger partial charge in [-0.1, -0.05) is 0 Å². The number of anilines is 1. The van der Waals surface area contributed by atoms with Crippen molar-refractivity contribution >= 4 is 11.7 Å². The van der Waals surface area contributed by atoms with E-state index in [9.17, 15) is 4.79 Å². The quantitative estimate of drug-likeness (QED) is 0.725. The van der Waals surface area contributed by atoms with Gasteiger partial charge in [-0.2, -0.15) is 4.98 Å². The predicted octanol–water partition coefficient (Wildman–Crippen LogP) is 2.38. The van der Waals surface area contributed by atoms with Gasteiger partial charge in [-0.3, -0.25) is 4.79 Å². The number of nitrogens with one attached hydrogen (secondary N) is 2. The molecule has 5 rings (SSSR count). The fourth-order valence-corrected chi connectivity index (χ4v) is 3.52. The minimum Gasteiger partial charge on any atom is -0.484 e. The molecule has 3 aromatic rings. The highest BCUT2D eigenvalue weighted by Crippen LogP contribution is 2.34. The molecule has 1 aliphatic heterocycles. The van der Waals surface area contributed by atoms with Crippen LogP contribution in [0, 0.1) is 0 Å². The van der Waals surface area contributed by atoms with Gasteiger partial charge in [-0.05, 0) is 37.0 Å². The number of H-pyrrole nitrogens is 1. The number of aromatic amines is 1. The second-order valence-corrected chi connectivity index (χ2v) is 6.46. The normalized spacial score (nSPS) is 14.7. The highest BCUT2D eigenvalue weighted by atomic mass is 16.6. The van der Waals surface area contributed by atoms with E-state index in [-0.39, 0.29) is 5.91 Å². The Kier molecular flexibility index (Phi) is 3.74. The molecule has 8 heteroatoms. The lowest BCUT2D eigenvalue weighted by Gasteiger charge is -2.17. The Morgan fingerprint density at radius 2 is 2.11 bits per heavy atom. The van der Waals surface area contributed by atoms with E-state index in [2.05, 4.69) is 25.3 Å². The molecular weight excluding hydrogens is 346 g/mol. The van der Waals surface area contributed by atoms with E-state index < -0.39 is 0 Å². The van der Waals surface area contributed by atoms with Crippen LogP contribution in [0.1, 0.15) is 28.0 Å². The SMILES string of the molecule is O=C(Nc1ccc2c(n1)OCCO2)c1c[nH]c2c1-c1ncncc1CCC2. The molecular formula is C19H17N5O3. The summed E-state index contributed by atoms with van der Waals surface area (Å²) in [6, 6.07) is 3.45. The molecule has 3 aromatic heterocycles. The maximum atomic E-state index is 13.0. The van der Waals surface area contributed by atoms with Gasteiger partial charge in [-0.25, -0.2) is 9.97 Å². The first-order chi connectivity index (χ1) is 13.3. The zero-order chi connectivity index (χ0) is 18.2. The Hall–Kier alpha value is -3.42. The average Bonchev–Trinajstić information content (AvgIpc) is 3.03. The Morgan fingerprint density at radius 3 is 3.07 bits per heavy atom. The Balaban J connectivity index is 1.49. The molecule has 1 amide bonds. The van der Waals surface area contributed by atoms with Gasteiger partial charge in [0.2, 0.25) is 0 Å². The summed E-state index contributed by atoms with van der Waals surface area (Å²) in [6.45, 7) is 0.941. The van der Waals surface area contributed by atoms with Crippen LogP contribution in [-0.2, 0) is 12.8 Å². The highest BCUT2D eigenvalue weighted by Gasteiger charge is 2.25. The van der Waals surface area contributed by atoms with Crippen LogP contribution in [-0.4, -0.2) is 39.1 Å². The lowest BCUT2D eigenvalue weighted by Crippen LogP contribution is -2.18. The molecule has 0 bridgehead atoms. The van der Waals surface area contributed by atoms with Gasteiger partial charge in [0.05, 0.1) is 11.3 Å². The van der Waals surface area contributed by atoms with Crippen molar-refractivity contribution in [3.63, 3.8) is 0 Å². The van der Waals surface area contributed by atoms with Crippen molar-refractivity contribution in [3.05, 3.63) is 47.7 Å². The largest absolute Gasteiger partial charge is 0.484 e. The van der Waals surface area contributed by atoms with Gasteiger partial charge < -0.3 is 19.8 Å². The van der Waals surface area contributed by atoms with Crippen molar-refractivity contribution in [1.29, 1.82) is 0 Å². The smallest absolute Gasteiger partial charge is 0.259 e. The fourth-order valence-electron chi connectivity index (χ4n) is 3.52. The number of pyridine rings is 1. The lowest BCUT2D eigenvalue weighted by atomic mass is 10.0. The number of nitrogens with zero attached hydrogens (tertiary/aromatic N) is 3. The Bertz CT molecular complexity index is 1030. The molecule has 27 heavy (non-hydrogen) atoms. The number of hydrogen-bond acceptors (Lipinski definition) is 6. The first-order valence-electron chi connectivity index (χ1n) is 8.87. The zero-order valence-corrected chi connectivity index (χ0v) is 14.5. The average molecular weight is 363 g/mol. The fraction of sp³-hybridized carbons (Fsp3) is 0.263. The van der Waals surface area contributed by atoms with Crippen molar-refractivity contribution in [2.75, 3.05) is 18.5 Å². The van der Waals surface area contributed by atoms with Gasteiger partial charge in [0.25, 0.3) is 11.8 Å². The summed E-state index contributed by atoms with van der Waals surface area (Å²) in [6.07, 6.45) is 7.82. The van der Waals surface area contributed by atoms with Crippen LogP contribution in [0.4, 0.5) is 5.82 Å². The van der Waals surface area contributed by atoms with Crippen LogP contribution in [0.3, 0.4) is 0 Å². The number of fused-ring (bicyclic) bond motifs is 4. The van der Waals surface area contributed by atoms with E-state index in [1.807, 2.05) is 6.20 Å². The number of hydrogen-bond donors (Lipinski definition) is 2. The molecule has 2 aliphatic rings. The minimum atomic E-state index is -0.247. The van der Waals surface area contributed by atoms with Crippen molar-refractivity contribution in [2.45, 2.75) is 19.3 Å². The van der Waals surface area contributed by atoms with Crippen LogP contribution < -0.4 is 14.8 Å². The third-order valence-corrected chi connectivity index (χ3v) is 4.75. The number of carbonyl (C=O) groups excluding carboxylic acids is 1. The molecule has 0 atom stereocenters. The van der Waals surface area contributed by atoms with Crippen LogP contribution in [0.2, 0.25) is 0 Å². The second-order valence-electron chi connectivity index (χ2n) is 6.46. The van der Waals surface area contributed by atoms with Crippen LogP contribution in [0.15, 0.2) is 30.9 Å². The van der Waals surface area contributed by atoms with Crippen molar-refractivity contribution in [3.8, 4) is 22.9 Å². The summed E-state index contributed by atoms with van der Waals surface area (Å²) in [5.74, 6) is 1.14. The summed E-state index contributed by atoms with van der Waals surface area (Å²) < 4.78 is 10.9. The van der Waals surface area contributed by atoms with Crippen molar-refractivity contribution in [2.24, 2.45) is 0 Å². The molecule has 0 spiro atoms. The Morgan fingerprint density at radius 1 is 1.19 bits per heavy atom. The number of rotatable bonds is 2. The third-order valence-electron chi connectivity index (χ3n) is 4.75. The van der Waals surface area contributed by atoms with E-state index in [4.69, 9.17) is 9.47 Å². The molecule has 4 heterocycles. The molecule has 1 aliphatic carbocycles. The lowest BCUT2D eigenvalue weighted by molar-refractivity contribution is 0.102. The molecule has 8 nitrogen and oxygen atoms in total. The molecule has 0 fully saturated rings. The Labute approximate surface area is 155 Å². The topological polar surface area (TPSA) is 102 Å². The number of amides is 1. The molecule has 0 saturated carbocycles. The second kappa shape index (κ2) is 6.39. The molecule has 0 aromatic carbocycles. The third kappa shape index (κ3) is 2.79. The molecule has 0 unspecified atom stereocenters. The van der Waals surface area contributed by atoms with E-state index >= 15 is 0 Å². The number of carbonyl (C=O) groups is 1. The van der Waals surface area contributed by atoms with Crippen LogP contribution in [0.5, 0.6) is 11.6 Å². The van der Waals surface area contributed by atoms with Crippen LogP contribution in [0.25, 0.3) is 11.3 Å². The highest BCUT2D eigenvalue weighted by molar-refractivity contribution is 6.08. The van der Waals surface area contributed by atoms with E-state index in [0.717, 1.165) is 41.8 Å². The number of aromatic nitrogens is 4.